The van der Waals surface area contributed by atoms with Gasteiger partial charge in [-0.05, 0) is 17.6 Å². The molecule has 0 unspecified atom stereocenters. The van der Waals surface area contributed by atoms with Crippen molar-refractivity contribution in [2.75, 3.05) is 20.2 Å². The summed E-state index contributed by atoms with van der Waals surface area (Å²) in [5.41, 5.74) is 2.12. The third kappa shape index (κ3) is 3.26. The third-order valence-electron chi connectivity index (χ3n) is 2.84. The number of likely N-dealkylation sites (tertiary alicyclic amines) is 1. The van der Waals surface area contributed by atoms with Crippen LogP contribution in [-0.2, 0) is 16.1 Å². The SMILES string of the molecule is CO/C=C1/CCN(C(=O)OCc2ccccc2)C1. The molecule has 18 heavy (non-hydrogen) atoms. The van der Waals surface area contributed by atoms with Crippen LogP contribution in [0.3, 0.4) is 0 Å². The first kappa shape index (κ1) is 12.5. The fraction of sp³-hybridized carbons (Fsp3) is 0.357. The minimum absolute atomic E-state index is 0.265. The quantitative estimate of drug-likeness (QED) is 0.770. The van der Waals surface area contributed by atoms with Crippen LogP contribution in [0.15, 0.2) is 42.2 Å². The molecule has 1 aliphatic heterocycles. The number of hydrogen-bond donors (Lipinski definition) is 0. The van der Waals surface area contributed by atoms with E-state index in [0.717, 1.165) is 17.6 Å². The van der Waals surface area contributed by atoms with Crippen molar-refractivity contribution >= 4 is 6.09 Å². The minimum atomic E-state index is -0.265. The molecule has 1 saturated heterocycles. The third-order valence-corrected chi connectivity index (χ3v) is 2.84. The van der Waals surface area contributed by atoms with E-state index >= 15 is 0 Å². The van der Waals surface area contributed by atoms with Crippen LogP contribution >= 0.6 is 0 Å². The van der Waals surface area contributed by atoms with Gasteiger partial charge in [-0.25, -0.2) is 4.79 Å². The van der Waals surface area contributed by atoms with E-state index in [0.29, 0.717) is 19.7 Å². The van der Waals surface area contributed by atoms with Gasteiger partial charge in [0.15, 0.2) is 0 Å². The number of benzene rings is 1. The van der Waals surface area contributed by atoms with Gasteiger partial charge in [0.2, 0.25) is 0 Å². The molecular formula is C14H17NO3. The van der Waals surface area contributed by atoms with E-state index in [2.05, 4.69) is 0 Å². The van der Waals surface area contributed by atoms with E-state index in [1.54, 1.807) is 18.3 Å². The Morgan fingerprint density at radius 1 is 1.39 bits per heavy atom. The van der Waals surface area contributed by atoms with Crippen LogP contribution < -0.4 is 0 Å². The summed E-state index contributed by atoms with van der Waals surface area (Å²) >= 11 is 0. The Bertz CT molecular complexity index is 428. The van der Waals surface area contributed by atoms with Crippen molar-refractivity contribution in [1.82, 2.24) is 4.90 Å². The standard InChI is InChI=1S/C14H17NO3/c1-17-10-13-7-8-15(9-13)14(16)18-11-12-5-3-2-4-6-12/h2-6,10H,7-9,11H2,1H3/b13-10-. The van der Waals surface area contributed by atoms with Crippen LogP contribution in [-0.4, -0.2) is 31.2 Å². The minimum Gasteiger partial charge on any atom is -0.504 e. The van der Waals surface area contributed by atoms with Crippen molar-refractivity contribution in [3.8, 4) is 0 Å². The molecule has 0 radical (unpaired) electrons. The summed E-state index contributed by atoms with van der Waals surface area (Å²) in [7, 11) is 1.61. The summed E-state index contributed by atoms with van der Waals surface area (Å²) in [6.45, 7) is 1.61. The van der Waals surface area contributed by atoms with Gasteiger partial charge in [-0.1, -0.05) is 30.3 Å². The number of carbonyl (C=O) groups is 1. The molecule has 4 nitrogen and oxygen atoms in total. The maximum absolute atomic E-state index is 11.8. The lowest BCUT2D eigenvalue weighted by molar-refractivity contribution is 0.105. The molecule has 0 saturated carbocycles. The molecule has 0 atom stereocenters. The van der Waals surface area contributed by atoms with Crippen molar-refractivity contribution in [2.45, 2.75) is 13.0 Å². The summed E-state index contributed by atoms with van der Waals surface area (Å²) in [5.74, 6) is 0. The zero-order chi connectivity index (χ0) is 12.8. The maximum Gasteiger partial charge on any atom is 0.410 e. The van der Waals surface area contributed by atoms with Gasteiger partial charge in [0.25, 0.3) is 0 Å². The van der Waals surface area contributed by atoms with Gasteiger partial charge in [-0.15, -0.1) is 0 Å². The summed E-state index contributed by atoms with van der Waals surface area (Å²) in [5, 5.41) is 0. The van der Waals surface area contributed by atoms with Crippen LogP contribution in [0, 0.1) is 0 Å². The van der Waals surface area contributed by atoms with Gasteiger partial charge in [0.1, 0.15) is 6.61 Å². The van der Waals surface area contributed by atoms with Crippen LogP contribution in [0.4, 0.5) is 4.79 Å². The van der Waals surface area contributed by atoms with Crippen LogP contribution in [0.25, 0.3) is 0 Å². The molecule has 1 aromatic rings. The highest BCUT2D eigenvalue weighted by molar-refractivity contribution is 5.68. The number of amides is 1. The van der Waals surface area contributed by atoms with Crippen molar-refractivity contribution < 1.29 is 14.3 Å². The molecule has 1 amide bonds. The first-order valence-corrected chi connectivity index (χ1v) is 5.96. The number of nitrogens with zero attached hydrogens (tertiary/aromatic N) is 1. The lowest BCUT2D eigenvalue weighted by Gasteiger charge is -2.14. The average Bonchev–Trinajstić information content (AvgIpc) is 2.86. The Labute approximate surface area is 107 Å². The van der Waals surface area contributed by atoms with E-state index in [9.17, 15) is 4.79 Å². The number of methoxy groups -OCH3 is 1. The van der Waals surface area contributed by atoms with Crippen molar-refractivity contribution in [3.05, 3.63) is 47.7 Å². The first-order valence-electron chi connectivity index (χ1n) is 5.96. The van der Waals surface area contributed by atoms with E-state index in [-0.39, 0.29) is 6.09 Å². The van der Waals surface area contributed by atoms with Gasteiger partial charge in [-0.2, -0.15) is 0 Å². The molecule has 0 aromatic heterocycles. The van der Waals surface area contributed by atoms with Crippen LogP contribution in [0.5, 0.6) is 0 Å². The molecule has 1 fully saturated rings. The zero-order valence-electron chi connectivity index (χ0n) is 10.5. The Hall–Kier alpha value is -1.97. The van der Waals surface area contributed by atoms with Crippen molar-refractivity contribution in [1.29, 1.82) is 0 Å². The second-order valence-corrected chi connectivity index (χ2v) is 4.22. The number of ether oxygens (including phenoxy) is 2. The van der Waals surface area contributed by atoms with Crippen molar-refractivity contribution in [3.63, 3.8) is 0 Å². The van der Waals surface area contributed by atoms with E-state index < -0.39 is 0 Å². The van der Waals surface area contributed by atoms with E-state index in [1.165, 1.54) is 0 Å². The smallest absolute Gasteiger partial charge is 0.410 e. The fourth-order valence-electron chi connectivity index (χ4n) is 1.91. The Balaban J connectivity index is 1.81. The second-order valence-electron chi connectivity index (χ2n) is 4.22. The van der Waals surface area contributed by atoms with Gasteiger partial charge in [0.05, 0.1) is 13.4 Å². The van der Waals surface area contributed by atoms with Gasteiger partial charge in [-0.3, -0.25) is 0 Å². The average molecular weight is 247 g/mol. The molecule has 1 aromatic carbocycles. The molecule has 1 aliphatic rings. The molecular weight excluding hydrogens is 230 g/mol. The first-order chi connectivity index (χ1) is 8.79. The highest BCUT2D eigenvalue weighted by atomic mass is 16.6. The largest absolute Gasteiger partial charge is 0.504 e. The lowest BCUT2D eigenvalue weighted by atomic mass is 10.2. The molecule has 2 rings (SSSR count). The maximum atomic E-state index is 11.8. The molecule has 96 valence electrons. The summed E-state index contributed by atoms with van der Waals surface area (Å²) in [4.78, 5) is 13.5. The summed E-state index contributed by atoms with van der Waals surface area (Å²) in [6, 6.07) is 9.67. The van der Waals surface area contributed by atoms with Gasteiger partial charge < -0.3 is 14.4 Å². The molecule has 0 N–H and O–H groups in total. The Morgan fingerprint density at radius 3 is 2.89 bits per heavy atom. The number of carbonyl (C=O) groups excluding carboxylic acids is 1. The number of rotatable bonds is 3. The normalized spacial score (nSPS) is 16.9. The Morgan fingerprint density at radius 2 is 2.17 bits per heavy atom. The highest BCUT2D eigenvalue weighted by Crippen LogP contribution is 2.16. The van der Waals surface area contributed by atoms with Gasteiger partial charge in [0, 0.05) is 13.1 Å². The topological polar surface area (TPSA) is 38.8 Å². The molecule has 0 bridgehead atoms. The zero-order valence-corrected chi connectivity index (χ0v) is 10.5. The van der Waals surface area contributed by atoms with Crippen molar-refractivity contribution in [2.24, 2.45) is 0 Å². The summed E-state index contributed by atoms with van der Waals surface area (Å²) in [6.07, 6.45) is 2.29. The monoisotopic (exact) mass is 247 g/mol. The van der Waals surface area contributed by atoms with E-state index in [4.69, 9.17) is 9.47 Å². The lowest BCUT2D eigenvalue weighted by Crippen LogP contribution is -2.28. The highest BCUT2D eigenvalue weighted by Gasteiger charge is 2.22. The fourth-order valence-corrected chi connectivity index (χ4v) is 1.91. The molecule has 1 heterocycles. The van der Waals surface area contributed by atoms with E-state index in [1.807, 2.05) is 30.3 Å². The van der Waals surface area contributed by atoms with Gasteiger partial charge >= 0.3 is 6.09 Å². The predicted molar refractivity (Wildman–Crippen MR) is 67.9 cm³/mol. The number of hydrogen-bond acceptors (Lipinski definition) is 3. The second kappa shape index (κ2) is 6.10. The Kier molecular flexibility index (Phi) is 4.23. The molecule has 0 spiro atoms. The predicted octanol–water partition coefficient (Wildman–Crippen LogP) is 2.56. The molecule has 0 aliphatic carbocycles. The van der Waals surface area contributed by atoms with Crippen LogP contribution in [0.2, 0.25) is 0 Å². The summed E-state index contributed by atoms with van der Waals surface area (Å²) < 4.78 is 10.2. The molecule has 4 heteroatoms. The van der Waals surface area contributed by atoms with Crippen LogP contribution in [0.1, 0.15) is 12.0 Å².